The van der Waals surface area contributed by atoms with Gasteiger partial charge in [0.05, 0.1) is 10.6 Å². The SMILES string of the molecule is N#Cc1cc(NC(=O)OC2CCCC2)ccc1Cl. The van der Waals surface area contributed by atoms with Crippen molar-refractivity contribution in [1.29, 1.82) is 5.26 Å². The molecule has 0 spiro atoms. The smallest absolute Gasteiger partial charge is 0.411 e. The molecule has 1 aromatic carbocycles. The van der Waals surface area contributed by atoms with E-state index in [9.17, 15) is 4.79 Å². The van der Waals surface area contributed by atoms with Gasteiger partial charge in [0.2, 0.25) is 0 Å². The molecule has 1 aromatic rings. The van der Waals surface area contributed by atoms with Crippen molar-refractivity contribution in [3.05, 3.63) is 28.8 Å². The Bertz CT molecular complexity index is 490. The van der Waals surface area contributed by atoms with Crippen molar-refractivity contribution >= 4 is 23.4 Å². The monoisotopic (exact) mass is 264 g/mol. The van der Waals surface area contributed by atoms with Gasteiger partial charge in [0.15, 0.2) is 0 Å². The average Bonchev–Trinajstić information content (AvgIpc) is 2.84. The van der Waals surface area contributed by atoms with Crippen molar-refractivity contribution in [2.75, 3.05) is 5.32 Å². The van der Waals surface area contributed by atoms with Crippen molar-refractivity contribution in [1.82, 2.24) is 0 Å². The quantitative estimate of drug-likeness (QED) is 0.886. The molecule has 0 heterocycles. The van der Waals surface area contributed by atoms with Crippen LogP contribution in [0.1, 0.15) is 31.2 Å². The van der Waals surface area contributed by atoms with Gasteiger partial charge in [0.25, 0.3) is 0 Å². The summed E-state index contributed by atoms with van der Waals surface area (Å²) in [6, 6.07) is 6.70. The molecule has 2 rings (SSSR count). The van der Waals surface area contributed by atoms with Crippen LogP contribution in [-0.2, 0) is 4.74 Å². The Hall–Kier alpha value is -1.73. The topological polar surface area (TPSA) is 62.1 Å². The lowest BCUT2D eigenvalue weighted by atomic mass is 10.2. The zero-order valence-corrected chi connectivity index (χ0v) is 10.5. The van der Waals surface area contributed by atoms with Crippen LogP contribution in [0.15, 0.2) is 18.2 Å². The fraction of sp³-hybridized carbons (Fsp3) is 0.385. The first-order valence-corrected chi connectivity index (χ1v) is 6.24. The van der Waals surface area contributed by atoms with Gasteiger partial charge in [-0.3, -0.25) is 5.32 Å². The number of benzene rings is 1. The molecule has 0 unspecified atom stereocenters. The maximum Gasteiger partial charge on any atom is 0.411 e. The maximum atomic E-state index is 11.6. The summed E-state index contributed by atoms with van der Waals surface area (Å²) in [5.74, 6) is 0. The second kappa shape index (κ2) is 5.74. The summed E-state index contributed by atoms with van der Waals surface area (Å²) in [5, 5.41) is 11.8. The Balaban J connectivity index is 1.96. The van der Waals surface area contributed by atoms with Crippen molar-refractivity contribution in [2.45, 2.75) is 31.8 Å². The fourth-order valence-electron chi connectivity index (χ4n) is 1.99. The van der Waals surface area contributed by atoms with E-state index in [0.29, 0.717) is 16.3 Å². The highest BCUT2D eigenvalue weighted by Gasteiger charge is 2.19. The molecule has 18 heavy (non-hydrogen) atoms. The van der Waals surface area contributed by atoms with Gasteiger partial charge in [0.1, 0.15) is 12.2 Å². The lowest BCUT2D eigenvalue weighted by Crippen LogP contribution is -2.20. The normalized spacial score (nSPS) is 15.1. The Morgan fingerprint density at radius 3 is 2.83 bits per heavy atom. The molecule has 1 saturated carbocycles. The van der Waals surface area contributed by atoms with E-state index in [4.69, 9.17) is 21.6 Å². The number of nitrogens with zero attached hydrogens (tertiary/aromatic N) is 1. The van der Waals surface area contributed by atoms with E-state index in [-0.39, 0.29) is 6.10 Å². The summed E-state index contributed by atoms with van der Waals surface area (Å²) >= 11 is 5.80. The Labute approximate surface area is 111 Å². The van der Waals surface area contributed by atoms with Gasteiger partial charge in [-0.15, -0.1) is 0 Å². The largest absolute Gasteiger partial charge is 0.446 e. The summed E-state index contributed by atoms with van der Waals surface area (Å²) in [7, 11) is 0. The molecule has 1 aliphatic rings. The number of ether oxygens (including phenoxy) is 1. The second-order valence-electron chi connectivity index (χ2n) is 4.24. The standard InChI is InChI=1S/C13H13ClN2O2/c14-12-6-5-10(7-9(12)8-15)16-13(17)18-11-3-1-2-4-11/h5-7,11H,1-4H2,(H,16,17). The van der Waals surface area contributed by atoms with Crippen LogP contribution in [0.25, 0.3) is 0 Å². The van der Waals surface area contributed by atoms with E-state index in [1.165, 1.54) is 6.07 Å². The maximum absolute atomic E-state index is 11.6. The molecule has 1 N–H and O–H groups in total. The van der Waals surface area contributed by atoms with Crippen LogP contribution in [0.4, 0.5) is 10.5 Å². The minimum absolute atomic E-state index is 0.0211. The lowest BCUT2D eigenvalue weighted by molar-refractivity contribution is 0.114. The zero-order valence-electron chi connectivity index (χ0n) is 9.78. The van der Waals surface area contributed by atoms with E-state index in [0.717, 1.165) is 25.7 Å². The van der Waals surface area contributed by atoms with E-state index in [1.807, 2.05) is 6.07 Å². The number of halogens is 1. The summed E-state index contributed by atoms with van der Waals surface area (Å²) in [6.07, 6.45) is 3.62. The van der Waals surface area contributed by atoms with Gasteiger partial charge in [-0.05, 0) is 43.9 Å². The number of nitrogens with one attached hydrogen (secondary N) is 1. The first-order valence-electron chi connectivity index (χ1n) is 5.86. The third-order valence-electron chi connectivity index (χ3n) is 2.91. The predicted octanol–water partition coefficient (Wildman–Crippen LogP) is 3.70. The molecule has 1 aliphatic carbocycles. The summed E-state index contributed by atoms with van der Waals surface area (Å²) < 4.78 is 5.25. The van der Waals surface area contributed by atoms with E-state index in [1.54, 1.807) is 12.1 Å². The summed E-state index contributed by atoms with van der Waals surface area (Å²) in [4.78, 5) is 11.6. The molecular weight excluding hydrogens is 252 g/mol. The van der Waals surface area contributed by atoms with E-state index < -0.39 is 6.09 Å². The number of hydrogen-bond acceptors (Lipinski definition) is 3. The van der Waals surface area contributed by atoms with Gasteiger partial charge >= 0.3 is 6.09 Å². The van der Waals surface area contributed by atoms with Crippen molar-refractivity contribution in [3.8, 4) is 6.07 Å². The van der Waals surface area contributed by atoms with Crippen molar-refractivity contribution < 1.29 is 9.53 Å². The highest BCUT2D eigenvalue weighted by molar-refractivity contribution is 6.31. The third kappa shape index (κ3) is 3.14. The first-order chi connectivity index (χ1) is 8.69. The van der Waals surface area contributed by atoms with Gasteiger partial charge in [-0.2, -0.15) is 5.26 Å². The number of hydrogen-bond donors (Lipinski definition) is 1. The van der Waals surface area contributed by atoms with Crippen molar-refractivity contribution in [2.24, 2.45) is 0 Å². The van der Waals surface area contributed by atoms with Crippen molar-refractivity contribution in [3.63, 3.8) is 0 Å². The van der Waals surface area contributed by atoms with Gasteiger partial charge in [-0.1, -0.05) is 11.6 Å². The van der Waals surface area contributed by atoms with Gasteiger partial charge in [-0.25, -0.2) is 4.79 Å². The third-order valence-corrected chi connectivity index (χ3v) is 3.24. The number of amides is 1. The highest BCUT2D eigenvalue weighted by atomic mass is 35.5. The molecule has 5 heteroatoms. The lowest BCUT2D eigenvalue weighted by Gasteiger charge is -2.12. The zero-order chi connectivity index (χ0) is 13.0. The predicted molar refractivity (Wildman–Crippen MR) is 68.5 cm³/mol. The van der Waals surface area contributed by atoms with E-state index >= 15 is 0 Å². The molecule has 0 radical (unpaired) electrons. The number of rotatable bonds is 2. The summed E-state index contributed by atoms with van der Waals surface area (Å²) in [6.45, 7) is 0. The molecule has 0 atom stereocenters. The van der Waals surface area contributed by atoms with Crippen LogP contribution in [-0.4, -0.2) is 12.2 Å². The minimum Gasteiger partial charge on any atom is -0.446 e. The molecule has 1 amide bonds. The van der Waals surface area contributed by atoms with Gasteiger partial charge < -0.3 is 4.74 Å². The Kier molecular flexibility index (Phi) is 4.06. The number of nitriles is 1. The molecule has 0 aromatic heterocycles. The molecule has 1 fully saturated rings. The molecule has 0 aliphatic heterocycles. The Morgan fingerprint density at radius 2 is 2.17 bits per heavy atom. The minimum atomic E-state index is -0.479. The molecule has 0 bridgehead atoms. The highest BCUT2D eigenvalue weighted by Crippen LogP contribution is 2.23. The Morgan fingerprint density at radius 1 is 1.44 bits per heavy atom. The fourth-order valence-corrected chi connectivity index (χ4v) is 2.15. The molecular formula is C13H13ClN2O2. The average molecular weight is 265 g/mol. The van der Waals surface area contributed by atoms with Crippen LogP contribution in [0.5, 0.6) is 0 Å². The molecule has 4 nitrogen and oxygen atoms in total. The van der Waals surface area contributed by atoms with Crippen LogP contribution >= 0.6 is 11.6 Å². The number of carbonyl (C=O) groups excluding carboxylic acids is 1. The molecule has 94 valence electrons. The van der Waals surface area contributed by atoms with Crippen LogP contribution in [0.2, 0.25) is 5.02 Å². The van der Waals surface area contributed by atoms with Crippen LogP contribution in [0, 0.1) is 11.3 Å². The van der Waals surface area contributed by atoms with Crippen LogP contribution < -0.4 is 5.32 Å². The van der Waals surface area contributed by atoms with Crippen LogP contribution in [0.3, 0.4) is 0 Å². The van der Waals surface area contributed by atoms with E-state index in [2.05, 4.69) is 5.32 Å². The number of anilines is 1. The van der Waals surface area contributed by atoms with Gasteiger partial charge in [0, 0.05) is 5.69 Å². The first kappa shape index (κ1) is 12.7. The number of carbonyl (C=O) groups is 1. The summed E-state index contributed by atoms with van der Waals surface area (Å²) in [5.41, 5.74) is 0.842. The second-order valence-corrected chi connectivity index (χ2v) is 4.65. The molecule has 0 saturated heterocycles.